The summed E-state index contributed by atoms with van der Waals surface area (Å²) in [6.07, 6.45) is 15.2. The standard InChI is InChI=1S/C48H59N7O5S/c49-45(57)43-44(34-18-20-36(21-19-34)60-35-14-9-8-10-15-35)52-55-39(24-27-50-46(43)55)33-25-29-53(30-26-33)28-11-6-4-2-1-3-5-7-12-31-61-41-17-13-16-37-38(41)32-54(48(37)59)40-22-23-42(56)51-47(40)58/h8-10,13-21,33,39-40,50H,1-7,11-12,22-32H2,(H2,49,57)(H,51,56,58). The highest BCUT2D eigenvalue weighted by molar-refractivity contribution is 7.99. The van der Waals surface area contributed by atoms with E-state index in [9.17, 15) is 19.2 Å². The van der Waals surface area contributed by atoms with Crippen molar-refractivity contribution in [3.63, 3.8) is 0 Å². The second-order valence-corrected chi connectivity index (χ2v) is 18.1. The Bertz CT molecular complexity index is 2170. The molecule has 0 aliphatic carbocycles. The Morgan fingerprint density at radius 2 is 1.51 bits per heavy atom. The van der Waals surface area contributed by atoms with Gasteiger partial charge in [-0.15, -0.1) is 11.8 Å². The summed E-state index contributed by atoms with van der Waals surface area (Å²) in [5, 5.41) is 10.9. The maximum Gasteiger partial charge on any atom is 0.255 e. The fourth-order valence-electron chi connectivity index (χ4n) is 9.59. The molecular formula is C48H59N7O5S. The average Bonchev–Trinajstić information content (AvgIpc) is 3.83. The number of unbranched alkanes of at least 4 members (excludes halogenated alkanes) is 8. The highest BCUT2D eigenvalue weighted by Crippen LogP contribution is 2.41. The summed E-state index contributed by atoms with van der Waals surface area (Å²) in [6.45, 7) is 4.61. The van der Waals surface area contributed by atoms with E-state index in [1.54, 1.807) is 4.90 Å². The summed E-state index contributed by atoms with van der Waals surface area (Å²) < 4.78 is 8.04. The number of carbonyl (C=O) groups excluding carboxylic acids is 4. The zero-order valence-corrected chi connectivity index (χ0v) is 35.9. The molecule has 12 nitrogen and oxygen atoms in total. The van der Waals surface area contributed by atoms with Gasteiger partial charge in [-0.3, -0.25) is 24.5 Å². The number of likely N-dealkylation sites (tertiary alicyclic amines) is 1. The normalized spacial score (nSPS) is 19.3. The van der Waals surface area contributed by atoms with E-state index in [1.165, 1.54) is 51.4 Å². The number of thioether (sulfide) groups is 1. The Morgan fingerprint density at radius 1 is 0.803 bits per heavy atom. The number of nitrogens with zero attached hydrogens (tertiary/aromatic N) is 4. The number of nitrogens with one attached hydrogen (secondary N) is 2. The van der Waals surface area contributed by atoms with Crippen LogP contribution < -0.4 is 21.1 Å². The maximum absolute atomic E-state index is 13.1. The van der Waals surface area contributed by atoms with Gasteiger partial charge in [0.2, 0.25) is 11.8 Å². The summed E-state index contributed by atoms with van der Waals surface area (Å²) in [5.41, 5.74) is 9.61. The number of aromatic nitrogens is 2. The lowest BCUT2D eigenvalue weighted by Crippen LogP contribution is -2.52. The molecule has 0 bridgehead atoms. The van der Waals surface area contributed by atoms with E-state index in [0.29, 0.717) is 35.7 Å². The highest BCUT2D eigenvalue weighted by Gasteiger charge is 2.40. The molecule has 0 radical (unpaired) electrons. The lowest BCUT2D eigenvalue weighted by Gasteiger charge is -2.38. The van der Waals surface area contributed by atoms with Gasteiger partial charge in [-0.05, 0) is 124 Å². The number of primary amides is 1. The maximum atomic E-state index is 13.1. The third-order valence-corrected chi connectivity index (χ3v) is 14.1. The molecule has 4 aliphatic rings. The van der Waals surface area contributed by atoms with Gasteiger partial charge in [-0.1, -0.05) is 69.2 Å². The summed E-state index contributed by atoms with van der Waals surface area (Å²) >= 11 is 1.81. The molecule has 2 unspecified atom stereocenters. The van der Waals surface area contributed by atoms with Crippen LogP contribution in [-0.2, 0) is 16.1 Å². The number of hydrogen-bond donors (Lipinski definition) is 3. The van der Waals surface area contributed by atoms with Gasteiger partial charge in [-0.2, -0.15) is 5.10 Å². The number of rotatable bonds is 19. The highest BCUT2D eigenvalue weighted by atomic mass is 32.2. The van der Waals surface area contributed by atoms with Crippen LogP contribution in [0.3, 0.4) is 0 Å². The number of hydrogen-bond acceptors (Lipinski definition) is 9. The number of imide groups is 1. The molecule has 13 heteroatoms. The van der Waals surface area contributed by atoms with Crippen LogP contribution in [0.1, 0.15) is 122 Å². The molecule has 5 heterocycles. The fourth-order valence-corrected chi connectivity index (χ4v) is 10.7. The monoisotopic (exact) mass is 845 g/mol. The van der Waals surface area contributed by atoms with Gasteiger partial charge >= 0.3 is 0 Å². The Kier molecular flexibility index (Phi) is 14.1. The Morgan fingerprint density at radius 3 is 2.23 bits per heavy atom. The number of ether oxygens (including phenoxy) is 1. The van der Waals surface area contributed by atoms with Crippen LogP contribution in [0.5, 0.6) is 11.5 Å². The van der Waals surface area contributed by atoms with Crippen molar-refractivity contribution in [2.45, 2.75) is 113 Å². The van der Waals surface area contributed by atoms with E-state index >= 15 is 0 Å². The summed E-state index contributed by atoms with van der Waals surface area (Å²) in [5.74, 6) is 2.55. The third kappa shape index (κ3) is 10.2. The number of fused-ring (bicyclic) bond motifs is 2. The van der Waals surface area contributed by atoms with E-state index in [4.69, 9.17) is 15.6 Å². The second kappa shape index (κ2) is 20.2. The molecule has 0 spiro atoms. The lowest BCUT2D eigenvalue weighted by molar-refractivity contribution is -0.136. The van der Waals surface area contributed by atoms with Crippen LogP contribution in [0.4, 0.5) is 5.82 Å². The molecule has 1 aromatic heterocycles. The van der Waals surface area contributed by atoms with E-state index < -0.39 is 11.9 Å². The molecular weight excluding hydrogens is 787 g/mol. The van der Waals surface area contributed by atoms with Crippen molar-refractivity contribution in [2.24, 2.45) is 11.7 Å². The molecule has 2 saturated heterocycles. The lowest BCUT2D eigenvalue weighted by atomic mass is 9.86. The molecule has 4 amide bonds. The van der Waals surface area contributed by atoms with Crippen molar-refractivity contribution in [1.29, 1.82) is 0 Å². The van der Waals surface area contributed by atoms with E-state index in [-0.39, 0.29) is 30.2 Å². The zero-order chi connectivity index (χ0) is 42.1. The van der Waals surface area contributed by atoms with Crippen LogP contribution in [0.2, 0.25) is 0 Å². The van der Waals surface area contributed by atoms with Gasteiger partial charge in [0.25, 0.3) is 11.8 Å². The van der Waals surface area contributed by atoms with Crippen molar-refractivity contribution in [3.05, 3.63) is 89.5 Å². The summed E-state index contributed by atoms with van der Waals surface area (Å²) in [4.78, 5) is 55.4. The summed E-state index contributed by atoms with van der Waals surface area (Å²) in [7, 11) is 0. The molecule has 4 aliphatic heterocycles. The van der Waals surface area contributed by atoms with Crippen molar-refractivity contribution in [2.75, 3.05) is 37.2 Å². The van der Waals surface area contributed by atoms with Crippen molar-refractivity contribution in [1.82, 2.24) is 24.9 Å². The van der Waals surface area contributed by atoms with Crippen LogP contribution in [0, 0.1) is 5.92 Å². The Hall–Kier alpha value is -5.14. The number of carbonyl (C=O) groups is 4. The predicted octanol–water partition coefficient (Wildman–Crippen LogP) is 8.57. The van der Waals surface area contributed by atoms with Crippen molar-refractivity contribution >= 4 is 41.2 Å². The SMILES string of the molecule is NC(=O)c1c(-c2ccc(Oc3ccccc3)cc2)nn2c1NCCC2C1CCN(CCCCCCCCCCCSc2cccc3c2CN(C2CCC(=O)NC2=O)C3=O)CC1. The van der Waals surface area contributed by atoms with Crippen molar-refractivity contribution < 1.29 is 23.9 Å². The van der Waals surface area contributed by atoms with Gasteiger partial charge < -0.3 is 25.6 Å². The van der Waals surface area contributed by atoms with Crippen LogP contribution in [0.15, 0.2) is 77.7 Å². The fraction of sp³-hybridized carbons (Fsp3) is 0.479. The first-order chi connectivity index (χ1) is 29.8. The van der Waals surface area contributed by atoms with E-state index in [0.717, 1.165) is 91.0 Å². The van der Waals surface area contributed by atoms with Gasteiger partial charge in [0.1, 0.15) is 34.6 Å². The number of anilines is 1. The molecule has 4 aromatic rings. The molecule has 2 atom stereocenters. The van der Waals surface area contributed by atoms with Crippen LogP contribution >= 0.6 is 11.8 Å². The van der Waals surface area contributed by atoms with Crippen LogP contribution in [-0.4, -0.2) is 81.2 Å². The number of para-hydroxylation sites is 1. The first-order valence-corrected chi connectivity index (χ1v) is 23.4. The largest absolute Gasteiger partial charge is 0.457 e. The molecule has 61 heavy (non-hydrogen) atoms. The Labute approximate surface area is 363 Å². The summed E-state index contributed by atoms with van der Waals surface area (Å²) in [6, 6.07) is 22.9. The van der Waals surface area contributed by atoms with Gasteiger partial charge in [-0.25, -0.2) is 4.68 Å². The Balaban J connectivity index is 0.699. The zero-order valence-electron chi connectivity index (χ0n) is 35.1. The molecule has 3 aromatic carbocycles. The van der Waals surface area contributed by atoms with Gasteiger partial charge in [0, 0.05) is 35.5 Å². The molecule has 4 N–H and O–H groups in total. The third-order valence-electron chi connectivity index (χ3n) is 12.9. The second-order valence-electron chi connectivity index (χ2n) is 17.0. The first kappa shape index (κ1) is 42.5. The number of benzene rings is 3. The van der Waals surface area contributed by atoms with Gasteiger partial charge in [0.05, 0.1) is 6.04 Å². The van der Waals surface area contributed by atoms with Crippen LogP contribution in [0.25, 0.3) is 11.3 Å². The quantitative estimate of drug-likeness (QED) is 0.0479. The minimum absolute atomic E-state index is 0.109. The first-order valence-electron chi connectivity index (χ1n) is 22.5. The molecule has 2 fully saturated rings. The molecule has 0 saturated carbocycles. The van der Waals surface area contributed by atoms with E-state index in [2.05, 4.69) is 26.3 Å². The van der Waals surface area contributed by atoms with Gasteiger partial charge in [0.15, 0.2) is 0 Å². The molecule has 8 rings (SSSR count). The smallest absolute Gasteiger partial charge is 0.255 e. The topological polar surface area (TPSA) is 152 Å². The number of nitrogens with two attached hydrogens (primary N) is 1. The average molecular weight is 846 g/mol. The number of amides is 4. The number of piperidine rings is 2. The molecule has 322 valence electrons. The minimum atomic E-state index is -0.576. The minimum Gasteiger partial charge on any atom is -0.457 e. The van der Waals surface area contributed by atoms with E-state index in [1.807, 2.05) is 78.5 Å². The van der Waals surface area contributed by atoms with Crippen molar-refractivity contribution in [3.8, 4) is 22.8 Å². The predicted molar refractivity (Wildman–Crippen MR) is 239 cm³/mol.